The Bertz CT molecular complexity index is 341. The van der Waals surface area contributed by atoms with Crippen LogP contribution in [0.15, 0.2) is 17.5 Å². The van der Waals surface area contributed by atoms with Gasteiger partial charge in [-0.25, -0.2) is 0 Å². The van der Waals surface area contributed by atoms with Crippen LogP contribution in [0.25, 0.3) is 0 Å². The van der Waals surface area contributed by atoms with E-state index < -0.39 is 0 Å². The summed E-state index contributed by atoms with van der Waals surface area (Å²) in [6, 6.07) is 4.12. The molecule has 1 atom stereocenters. The van der Waals surface area contributed by atoms with Crippen LogP contribution in [-0.4, -0.2) is 43.7 Å². The second-order valence-corrected chi connectivity index (χ2v) is 5.19. The smallest absolute Gasteiger partial charge is 0.224 e. The number of ether oxygens (including phenoxy) is 1. The monoisotopic (exact) mass is 270 g/mol. The quantitative estimate of drug-likeness (QED) is 0.779. The molecule has 0 radical (unpaired) electrons. The lowest BCUT2D eigenvalue weighted by atomic mass is 10.2. The predicted octanol–water partition coefficient (Wildman–Crippen LogP) is 1.50. The molecule has 0 saturated carbocycles. The first-order valence-corrected chi connectivity index (χ1v) is 7.13. The van der Waals surface area contributed by atoms with Crippen LogP contribution < -0.4 is 5.73 Å². The molecule has 1 aromatic rings. The Morgan fingerprint density at radius 1 is 1.61 bits per heavy atom. The van der Waals surface area contributed by atoms with E-state index in [2.05, 4.69) is 11.4 Å². The number of hydrogen-bond acceptors (Lipinski definition) is 4. The minimum atomic E-state index is -0.160. The van der Waals surface area contributed by atoms with Gasteiger partial charge in [0.15, 0.2) is 0 Å². The Morgan fingerprint density at radius 3 is 2.94 bits per heavy atom. The summed E-state index contributed by atoms with van der Waals surface area (Å²) in [6.07, 6.45) is 1.11. The second-order valence-electron chi connectivity index (χ2n) is 4.16. The summed E-state index contributed by atoms with van der Waals surface area (Å²) >= 11 is 1.72. The van der Waals surface area contributed by atoms with Crippen molar-refractivity contribution in [3.05, 3.63) is 22.4 Å². The average molecular weight is 270 g/mol. The molecule has 0 fully saturated rings. The Hall–Kier alpha value is -0.910. The molecular formula is C13H22N2O2S. The van der Waals surface area contributed by atoms with Gasteiger partial charge in [-0.2, -0.15) is 0 Å². The van der Waals surface area contributed by atoms with E-state index in [9.17, 15) is 4.79 Å². The molecule has 0 bridgehead atoms. The second kappa shape index (κ2) is 8.24. The molecule has 1 rings (SSSR count). The van der Waals surface area contributed by atoms with E-state index >= 15 is 0 Å². The van der Waals surface area contributed by atoms with Gasteiger partial charge < -0.3 is 15.4 Å². The largest absolute Gasteiger partial charge is 0.377 e. The minimum Gasteiger partial charge on any atom is -0.377 e. The Kier molecular flexibility index (Phi) is 6.93. The highest BCUT2D eigenvalue weighted by Gasteiger charge is 2.15. The lowest BCUT2D eigenvalue weighted by Gasteiger charge is -2.20. The first-order chi connectivity index (χ1) is 8.67. The van der Waals surface area contributed by atoms with Crippen molar-refractivity contribution in [2.24, 2.45) is 5.73 Å². The van der Waals surface area contributed by atoms with Gasteiger partial charge in [0.05, 0.1) is 12.5 Å². The molecule has 102 valence electrons. The Balaban J connectivity index is 2.31. The molecule has 5 heteroatoms. The van der Waals surface area contributed by atoms with Gasteiger partial charge in [0.1, 0.15) is 0 Å². The van der Waals surface area contributed by atoms with Gasteiger partial charge in [-0.1, -0.05) is 6.07 Å². The number of likely N-dealkylation sites (N-methyl/N-ethyl adjacent to an activating group) is 1. The number of thiophene rings is 1. The fourth-order valence-electron chi connectivity index (χ4n) is 1.65. The van der Waals surface area contributed by atoms with E-state index in [4.69, 9.17) is 10.5 Å². The van der Waals surface area contributed by atoms with Crippen LogP contribution in [-0.2, 0) is 16.0 Å². The number of hydrogen-bond donors (Lipinski definition) is 1. The first kappa shape index (κ1) is 15.1. The van der Waals surface area contributed by atoms with Crippen LogP contribution in [0.3, 0.4) is 0 Å². The molecule has 4 nitrogen and oxygen atoms in total. The molecule has 0 aliphatic rings. The molecule has 1 unspecified atom stereocenters. The van der Waals surface area contributed by atoms with Crippen molar-refractivity contribution >= 4 is 17.2 Å². The molecule has 0 saturated heterocycles. The van der Waals surface area contributed by atoms with E-state index in [0.29, 0.717) is 19.6 Å². The van der Waals surface area contributed by atoms with E-state index in [0.717, 1.165) is 13.0 Å². The van der Waals surface area contributed by atoms with Crippen LogP contribution in [0.5, 0.6) is 0 Å². The number of nitrogens with zero attached hydrogens (tertiary/aromatic N) is 1. The summed E-state index contributed by atoms with van der Waals surface area (Å²) in [6.45, 7) is 3.63. The van der Waals surface area contributed by atoms with Crippen molar-refractivity contribution in [1.29, 1.82) is 0 Å². The fourth-order valence-corrected chi connectivity index (χ4v) is 2.35. The van der Waals surface area contributed by atoms with Gasteiger partial charge in [0.2, 0.25) is 5.91 Å². The minimum absolute atomic E-state index is 0.0930. The molecule has 0 aliphatic heterocycles. The lowest BCUT2D eigenvalue weighted by molar-refractivity contribution is -0.132. The summed E-state index contributed by atoms with van der Waals surface area (Å²) in [5, 5.41) is 2.05. The SMILES string of the molecule is CCOC(CN)CC(=O)N(C)CCc1cccs1. The molecule has 1 heterocycles. The highest BCUT2D eigenvalue weighted by Crippen LogP contribution is 2.10. The van der Waals surface area contributed by atoms with Crippen molar-refractivity contribution in [1.82, 2.24) is 4.90 Å². The van der Waals surface area contributed by atoms with Crippen molar-refractivity contribution in [3.8, 4) is 0 Å². The molecule has 1 amide bonds. The number of nitrogens with two attached hydrogens (primary N) is 1. The Labute approximate surface area is 113 Å². The standard InChI is InChI=1S/C13H22N2O2S/c1-3-17-11(10-14)9-13(16)15(2)7-6-12-5-4-8-18-12/h4-5,8,11H,3,6-7,9-10,14H2,1-2H3. The summed E-state index contributed by atoms with van der Waals surface area (Å²) < 4.78 is 5.39. The zero-order valence-electron chi connectivity index (χ0n) is 11.1. The van der Waals surface area contributed by atoms with Crippen molar-refractivity contribution in [3.63, 3.8) is 0 Å². The molecule has 0 aliphatic carbocycles. The van der Waals surface area contributed by atoms with Crippen LogP contribution >= 0.6 is 11.3 Å². The average Bonchev–Trinajstić information content (AvgIpc) is 2.88. The molecule has 0 aromatic carbocycles. The van der Waals surface area contributed by atoms with Crippen LogP contribution in [0.1, 0.15) is 18.2 Å². The van der Waals surface area contributed by atoms with Crippen molar-refractivity contribution in [2.45, 2.75) is 25.9 Å². The normalized spacial score (nSPS) is 12.4. The van der Waals surface area contributed by atoms with Crippen LogP contribution in [0.2, 0.25) is 0 Å². The summed E-state index contributed by atoms with van der Waals surface area (Å²) in [5.41, 5.74) is 5.56. The topological polar surface area (TPSA) is 55.6 Å². The van der Waals surface area contributed by atoms with Gasteiger partial charge in [-0.05, 0) is 24.8 Å². The zero-order chi connectivity index (χ0) is 13.4. The first-order valence-electron chi connectivity index (χ1n) is 6.25. The molecule has 18 heavy (non-hydrogen) atoms. The van der Waals surface area contributed by atoms with E-state index in [1.54, 1.807) is 16.2 Å². The van der Waals surface area contributed by atoms with E-state index in [1.807, 2.05) is 20.0 Å². The number of carbonyl (C=O) groups is 1. The summed E-state index contributed by atoms with van der Waals surface area (Å²) in [7, 11) is 1.83. The number of rotatable bonds is 8. The van der Waals surface area contributed by atoms with Gasteiger partial charge >= 0.3 is 0 Å². The molecule has 2 N–H and O–H groups in total. The highest BCUT2D eigenvalue weighted by molar-refractivity contribution is 7.09. The maximum Gasteiger partial charge on any atom is 0.224 e. The maximum atomic E-state index is 11.9. The van der Waals surface area contributed by atoms with Crippen molar-refractivity contribution < 1.29 is 9.53 Å². The lowest BCUT2D eigenvalue weighted by Crippen LogP contribution is -2.35. The third kappa shape index (κ3) is 5.16. The molecule has 0 spiro atoms. The predicted molar refractivity (Wildman–Crippen MR) is 74.7 cm³/mol. The van der Waals surface area contributed by atoms with Gasteiger partial charge in [0.25, 0.3) is 0 Å². The fraction of sp³-hybridized carbons (Fsp3) is 0.615. The summed E-state index contributed by atoms with van der Waals surface area (Å²) in [5.74, 6) is 0.0930. The number of carbonyl (C=O) groups excluding carboxylic acids is 1. The highest BCUT2D eigenvalue weighted by atomic mass is 32.1. The molecule has 1 aromatic heterocycles. The number of amides is 1. The van der Waals surface area contributed by atoms with E-state index in [1.165, 1.54) is 4.88 Å². The molecular weight excluding hydrogens is 248 g/mol. The maximum absolute atomic E-state index is 11.9. The van der Waals surface area contributed by atoms with Crippen molar-refractivity contribution in [2.75, 3.05) is 26.7 Å². The van der Waals surface area contributed by atoms with Gasteiger partial charge in [-0.15, -0.1) is 11.3 Å². The third-order valence-electron chi connectivity index (χ3n) is 2.77. The van der Waals surface area contributed by atoms with Gasteiger partial charge in [0, 0.05) is 31.6 Å². The van der Waals surface area contributed by atoms with E-state index in [-0.39, 0.29) is 12.0 Å². The zero-order valence-corrected chi connectivity index (χ0v) is 11.9. The Morgan fingerprint density at radius 2 is 2.39 bits per heavy atom. The van der Waals surface area contributed by atoms with Gasteiger partial charge in [-0.3, -0.25) is 4.79 Å². The summed E-state index contributed by atoms with van der Waals surface area (Å²) in [4.78, 5) is 15.0. The van der Waals surface area contributed by atoms with Crippen LogP contribution in [0.4, 0.5) is 0 Å². The van der Waals surface area contributed by atoms with Crippen LogP contribution in [0, 0.1) is 0 Å². The third-order valence-corrected chi connectivity index (χ3v) is 3.70.